The fourth-order valence-corrected chi connectivity index (χ4v) is 2.58. The molecule has 1 amide bonds. The molecule has 0 aliphatic carbocycles. The highest BCUT2D eigenvalue weighted by molar-refractivity contribution is 5.94. The van der Waals surface area contributed by atoms with Crippen LogP contribution in [0.25, 0.3) is 0 Å². The van der Waals surface area contributed by atoms with E-state index < -0.39 is 4.92 Å². The predicted molar refractivity (Wildman–Crippen MR) is 78.0 cm³/mol. The maximum Gasteiger partial charge on any atom is 0.292 e. The molecule has 7 heteroatoms. The van der Waals surface area contributed by atoms with E-state index in [1.165, 1.54) is 12.1 Å². The number of carbonyl (C=O) groups excluding carboxylic acids is 1. The van der Waals surface area contributed by atoms with Crippen LogP contribution in [0.2, 0.25) is 0 Å². The van der Waals surface area contributed by atoms with Gasteiger partial charge in [0.05, 0.1) is 11.5 Å². The van der Waals surface area contributed by atoms with Crippen LogP contribution in [0.5, 0.6) is 0 Å². The molecule has 1 unspecified atom stereocenters. The van der Waals surface area contributed by atoms with Crippen LogP contribution in [-0.2, 0) is 4.79 Å². The van der Waals surface area contributed by atoms with Crippen molar-refractivity contribution in [1.29, 1.82) is 0 Å². The fourth-order valence-electron chi connectivity index (χ4n) is 2.58. The van der Waals surface area contributed by atoms with E-state index in [4.69, 9.17) is 0 Å². The molecule has 1 aliphatic heterocycles. The van der Waals surface area contributed by atoms with E-state index >= 15 is 0 Å². The SMILES string of the molecule is O=C(CN1CCCC(CO)C1)Nc1ccccc1[N+](=O)[O-]. The molecule has 0 spiro atoms. The number of benzene rings is 1. The fraction of sp³-hybridized carbons (Fsp3) is 0.500. The lowest BCUT2D eigenvalue weighted by molar-refractivity contribution is -0.383. The number of likely N-dealkylation sites (tertiary alicyclic amines) is 1. The highest BCUT2D eigenvalue weighted by Crippen LogP contribution is 2.23. The predicted octanol–water partition coefficient (Wildman–Crippen LogP) is 1.24. The average molecular weight is 293 g/mol. The van der Waals surface area contributed by atoms with Gasteiger partial charge in [-0.15, -0.1) is 0 Å². The molecule has 21 heavy (non-hydrogen) atoms. The Morgan fingerprint density at radius 1 is 1.48 bits per heavy atom. The number of nitro groups is 1. The van der Waals surface area contributed by atoms with Crippen molar-refractivity contribution in [2.45, 2.75) is 12.8 Å². The molecule has 1 saturated heterocycles. The maximum absolute atomic E-state index is 12.0. The first-order chi connectivity index (χ1) is 10.1. The number of amides is 1. The van der Waals surface area contributed by atoms with E-state index in [0.717, 1.165) is 19.4 Å². The molecule has 1 aromatic rings. The normalized spacial score (nSPS) is 19.2. The highest BCUT2D eigenvalue weighted by Gasteiger charge is 2.22. The van der Waals surface area contributed by atoms with Crippen LogP contribution < -0.4 is 5.32 Å². The van der Waals surface area contributed by atoms with Gasteiger partial charge in [0.2, 0.25) is 5.91 Å². The van der Waals surface area contributed by atoms with Crippen molar-refractivity contribution >= 4 is 17.3 Å². The van der Waals surface area contributed by atoms with Crippen molar-refractivity contribution < 1.29 is 14.8 Å². The number of aliphatic hydroxyl groups excluding tert-OH is 1. The summed E-state index contributed by atoms with van der Waals surface area (Å²) >= 11 is 0. The number of hydrogen-bond acceptors (Lipinski definition) is 5. The molecule has 1 heterocycles. The summed E-state index contributed by atoms with van der Waals surface area (Å²) in [6, 6.07) is 6.08. The number of para-hydroxylation sites is 2. The highest BCUT2D eigenvalue weighted by atomic mass is 16.6. The molecule has 1 aliphatic rings. The smallest absolute Gasteiger partial charge is 0.292 e. The van der Waals surface area contributed by atoms with Gasteiger partial charge in [0.25, 0.3) is 5.69 Å². The molecule has 114 valence electrons. The van der Waals surface area contributed by atoms with E-state index in [0.29, 0.717) is 6.54 Å². The van der Waals surface area contributed by atoms with Gasteiger partial charge in [-0.2, -0.15) is 0 Å². The van der Waals surface area contributed by atoms with Gasteiger partial charge in [-0.1, -0.05) is 12.1 Å². The topological polar surface area (TPSA) is 95.7 Å². The summed E-state index contributed by atoms with van der Waals surface area (Å²) in [5, 5.41) is 22.7. The Balaban J connectivity index is 1.94. The van der Waals surface area contributed by atoms with E-state index in [2.05, 4.69) is 5.32 Å². The van der Waals surface area contributed by atoms with Crippen LogP contribution in [-0.4, -0.2) is 47.1 Å². The van der Waals surface area contributed by atoms with Gasteiger partial charge in [-0.05, 0) is 31.4 Å². The minimum Gasteiger partial charge on any atom is -0.396 e. The van der Waals surface area contributed by atoms with Crippen molar-refractivity contribution in [1.82, 2.24) is 4.90 Å². The lowest BCUT2D eigenvalue weighted by Gasteiger charge is -2.31. The maximum atomic E-state index is 12.0. The second kappa shape index (κ2) is 7.14. The molecule has 0 saturated carbocycles. The third kappa shape index (κ3) is 4.24. The monoisotopic (exact) mass is 293 g/mol. The Labute approximate surface area is 122 Å². The van der Waals surface area contributed by atoms with Gasteiger partial charge >= 0.3 is 0 Å². The Morgan fingerprint density at radius 3 is 2.95 bits per heavy atom. The number of anilines is 1. The van der Waals surface area contributed by atoms with Crippen molar-refractivity contribution in [3.8, 4) is 0 Å². The first-order valence-electron chi connectivity index (χ1n) is 6.96. The summed E-state index contributed by atoms with van der Waals surface area (Å²) in [5.41, 5.74) is 0.0981. The first-order valence-corrected chi connectivity index (χ1v) is 6.96. The number of rotatable bonds is 5. The summed E-state index contributed by atoms with van der Waals surface area (Å²) in [5.74, 6) is -0.0690. The zero-order valence-corrected chi connectivity index (χ0v) is 11.7. The summed E-state index contributed by atoms with van der Waals surface area (Å²) < 4.78 is 0. The molecule has 1 atom stereocenters. The van der Waals surface area contributed by atoms with Gasteiger partial charge < -0.3 is 10.4 Å². The van der Waals surface area contributed by atoms with Gasteiger partial charge in [-0.3, -0.25) is 19.8 Å². The number of aliphatic hydroxyl groups is 1. The van der Waals surface area contributed by atoms with E-state index in [-0.39, 0.29) is 36.4 Å². The summed E-state index contributed by atoms with van der Waals surface area (Å²) in [6.07, 6.45) is 1.92. The van der Waals surface area contributed by atoms with E-state index in [1.807, 2.05) is 4.90 Å². The Morgan fingerprint density at radius 2 is 2.24 bits per heavy atom. The van der Waals surface area contributed by atoms with E-state index in [9.17, 15) is 20.0 Å². The van der Waals surface area contributed by atoms with Gasteiger partial charge in [0, 0.05) is 19.2 Å². The Hall–Kier alpha value is -1.99. The second-order valence-electron chi connectivity index (χ2n) is 5.25. The van der Waals surface area contributed by atoms with Crippen LogP contribution in [0, 0.1) is 16.0 Å². The molecule has 2 N–H and O–H groups in total. The van der Waals surface area contributed by atoms with Crippen LogP contribution in [0.3, 0.4) is 0 Å². The largest absolute Gasteiger partial charge is 0.396 e. The van der Waals surface area contributed by atoms with Crippen molar-refractivity contribution in [3.05, 3.63) is 34.4 Å². The Kier molecular flexibility index (Phi) is 5.24. The van der Waals surface area contributed by atoms with Gasteiger partial charge in [0.1, 0.15) is 5.69 Å². The van der Waals surface area contributed by atoms with Crippen LogP contribution in [0.15, 0.2) is 24.3 Å². The van der Waals surface area contributed by atoms with Crippen molar-refractivity contribution in [3.63, 3.8) is 0 Å². The second-order valence-corrected chi connectivity index (χ2v) is 5.25. The zero-order chi connectivity index (χ0) is 15.2. The minimum atomic E-state index is -0.516. The lowest BCUT2D eigenvalue weighted by atomic mass is 9.99. The number of nitrogens with zero attached hydrogens (tertiary/aromatic N) is 2. The Bertz CT molecular complexity index is 521. The molecule has 0 bridgehead atoms. The molecule has 0 aromatic heterocycles. The quantitative estimate of drug-likeness (QED) is 0.629. The van der Waals surface area contributed by atoms with Crippen LogP contribution in [0.1, 0.15) is 12.8 Å². The zero-order valence-electron chi connectivity index (χ0n) is 11.7. The molecule has 7 nitrogen and oxygen atoms in total. The lowest BCUT2D eigenvalue weighted by Crippen LogP contribution is -2.41. The summed E-state index contributed by atoms with van der Waals surface area (Å²) in [7, 11) is 0. The molecular weight excluding hydrogens is 274 g/mol. The third-order valence-electron chi connectivity index (χ3n) is 3.60. The van der Waals surface area contributed by atoms with Crippen LogP contribution >= 0.6 is 0 Å². The molecular formula is C14H19N3O4. The number of piperidine rings is 1. The standard InChI is InChI=1S/C14H19N3O4/c18-10-11-4-3-7-16(8-11)9-14(19)15-12-5-1-2-6-13(12)17(20)21/h1-2,5-6,11,18H,3-4,7-10H2,(H,15,19). The van der Waals surface area contributed by atoms with Crippen molar-refractivity contribution in [2.24, 2.45) is 5.92 Å². The summed E-state index contributed by atoms with van der Waals surface area (Å²) in [4.78, 5) is 24.4. The molecule has 0 radical (unpaired) electrons. The number of nitrogens with one attached hydrogen (secondary N) is 1. The van der Waals surface area contributed by atoms with Gasteiger partial charge in [0.15, 0.2) is 0 Å². The number of nitro benzene ring substituents is 1. The minimum absolute atomic E-state index is 0.113. The number of carbonyl (C=O) groups is 1. The molecule has 1 fully saturated rings. The first kappa shape index (κ1) is 15.4. The van der Waals surface area contributed by atoms with Crippen LogP contribution in [0.4, 0.5) is 11.4 Å². The average Bonchev–Trinajstić information content (AvgIpc) is 2.47. The van der Waals surface area contributed by atoms with Crippen molar-refractivity contribution in [2.75, 3.05) is 31.6 Å². The molecule has 2 rings (SSSR count). The van der Waals surface area contributed by atoms with E-state index in [1.54, 1.807) is 12.1 Å². The number of hydrogen-bond donors (Lipinski definition) is 2. The summed E-state index contributed by atoms with van der Waals surface area (Å²) in [6.45, 7) is 1.80. The molecule has 1 aromatic carbocycles. The third-order valence-corrected chi connectivity index (χ3v) is 3.60. The van der Waals surface area contributed by atoms with Gasteiger partial charge in [-0.25, -0.2) is 0 Å².